The van der Waals surface area contributed by atoms with E-state index in [1.54, 1.807) is 12.1 Å². The number of pyridine rings is 1. The molecule has 8 heteroatoms. The molecule has 2 aromatic carbocycles. The van der Waals surface area contributed by atoms with Crippen LogP contribution in [0.2, 0.25) is 0 Å². The summed E-state index contributed by atoms with van der Waals surface area (Å²) in [5.41, 5.74) is 4.14. The first-order valence-electron chi connectivity index (χ1n) is 9.85. The molecule has 32 heavy (non-hydrogen) atoms. The number of ketones is 1. The van der Waals surface area contributed by atoms with Gasteiger partial charge in [-0.2, -0.15) is 0 Å². The Labute approximate surface area is 188 Å². The van der Waals surface area contributed by atoms with Crippen LogP contribution in [0.3, 0.4) is 0 Å². The molecule has 0 amide bonds. The van der Waals surface area contributed by atoms with Crippen LogP contribution in [0.4, 0.5) is 8.78 Å². The van der Waals surface area contributed by atoms with Crippen molar-refractivity contribution in [3.05, 3.63) is 83.2 Å². The third-order valence-electron chi connectivity index (χ3n) is 5.28. The van der Waals surface area contributed by atoms with Gasteiger partial charge in [-0.1, -0.05) is 48.2 Å². The molecule has 4 rings (SSSR count). The van der Waals surface area contributed by atoms with Crippen LogP contribution in [0.5, 0.6) is 0 Å². The molecule has 0 N–H and O–H groups in total. The number of hydrogen-bond donors (Lipinski definition) is 0. The molecule has 0 unspecified atom stereocenters. The number of aryl methyl sites for hydroxylation is 1. The average Bonchev–Trinajstić information content (AvgIpc) is 3.15. The predicted molar refractivity (Wildman–Crippen MR) is 121 cm³/mol. The fourth-order valence-electron chi connectivity index (χ4n) is 3.57. The summed E-state index contributed by atoms with van der Waals surface area (Å²) in [5, 5.41) is 9.33. The highest BCUT2D eigenvalue weighted by Gasteiger charge is 2.18. The second-order valence-corrected chi connectivity index (χ2v) is 8.15. The van der Waals surface area contributed by atoms with Crippen LogP contribution in [0.1, 0.15) is 21.5 Å². The summed E-state index contributed by atoms with van der Waals surface area (Å²) >= 11 is 1.53. The molecule has 0 aliphatic heterocycles. The van der Waals surface area contributed by atoms with Crippen LogP contribution in [0.15, 0.2) is 60.0 Å². The Bertz CT molecular complexity index is 1280. The molecule has 0 saturated heterocycles. The highest BCUT2D eigenvalue weighted by molar-refractivity contribution is 7.98. The van der Waals surface area contributed by atoms with Crippen molar-refractivity contribution < 1.29 is 13.6 Å². The summed E-state index contributed by atoms with van der Waals surface area (Å²) in [5.74, 6) is -1.75. The van der Waals surface area contributed by atoms with E-state index >= 15 is 0 Å². The maximum Gasteiger partial charge on any atom is 0.190 e. The second kappa shape index (κ2) is 9.00. The van der Waals surface area contributed by atoms with Crippen molar-refractivity contribution >= 4 is 17.5 Å². The molecule has 0 spiro atoms. The molecule has 0 atom stereocenters. The summed E-state index contributed by atoms with van der Waals surface area (Å²) in [7, 11) is 1.93. The van der Waals surface area contributed by atoms with E-state index in [1.165, 1.54) is 11.8 Å². The number of Topliss-reactive ketones (excluding diaryl/α,β-unsaturated/α-hetero) is 1. The minimum Gasteiger partial charge on any atom is -0.305 e. The van der Waals surface area contributed by atoms with Crippen molar-refractivity contribution in [1.29, 1.82) is 0 Å². The minimum absolute atomic E-state index is 0.104. The topological polar surface area (TPSA) is 60.7 Å². The van der Waals surface area contributed by atoms with Gasteiger partial charge >= 0.3 is 0 Å². The number of thioether (sulfide) groups is 1. The van der Waals surface area contributed by atoms with Crippen molar-refractivity contribution in [2.24, 2.45) is 7.05 Å². The maximum atomic E-state index is 13.8. The number of carbonyl (C=O) groups excluding carboxylic acids is 1. The van der Waals surface area contributed by atoms with E-state index in [0.29, 0.717) is 5.56 Å². The lowest BCUT2D eigenvalue weighted by Gasteiger charge is -2.10. The van der Waals surface area contributed by atoms with Gasteiger partial charge in [-0.3, -0.25) is 9.78 Å². The summed E-state index contributed by atoms with van der Waals surface area (Å²) in [6, 6.07) is 13.5. The van der Waals surface area contributed by atoms with E-state index in [9.17, 15) is 13.6 Å². The van der Waals surface area contributed by atoms with Crippen molar-refractivity contribution in [1.82, 2.24) is 19.7 Å². The SMILES string of the molecule is CSc1nnc(-c2ccc(C)c(-c3ccc(CC(=O)c4c(F)cncc4F)cc3)c2)n1C. The van der Waals surface area contributed by atoms with Crippen molar-refractivity contribution in [3.63, 3.8) is 0 Å². The molecule has 5 nitrogen and oxygen atoms in total. The number of aromatic nitrogens is 4. The average molecular weight is 451 g/mol. The lowest BCUT2D eigenvalue weighted by atomic mass is 9.95. The summed E-state index contributed by atoms with van der Waals surface area (Å²) in [4.78, 5) is 15.8. The Morgan fingerprint density at radius 3 is 2.28 bits per heavy atom. The number of nitrogens with zero attached hydrogens (tertiary/aromatic N) is 4. The van der Waals surface area contributed by atoms with Gasteiger partial charge in [0, 0.05) is 19.0 Å². The van der Waals surface area contributed by atoms with Crippen molar-refractivity contribution in [2.45, 2.75) is 18.5 Å². The number of benzene rings is 2. The molecule has 2 aromatic heterocycles. The van der Waals surface area contributed by atoms with E-state index in [-0.39, 0.29) is 6.42 Å². The Hall–Kier alpha value is -3.39. The van der Waals surface area contributed by atoms with Crippen molar-refractivity contribution in [2.75, 3.05) is 6.26 Å². The lowest BCUT2D eigenvalue weighted by Crippen LogP contribution is -2.09. The molecule has 2 heterocycles. The minimum atomic E-state index is -0.951. The zero-order valence-electron chi connectivity index (χ0n) is 17.8. The van der Waals surface area contributed by atoms with Gasteiger partial charge < -0.3 is 4.57 Å². The number of hydrogen-bond acceptors (Lipinski definition) is 5. The van der Waals surface area contributed by atoms with E-state index in [0.717, 1.165) is 45.6 Å². The summed E-state index contributed by atoms with van der Waals surface area (Å²) < 4.78 is 29.6. The quantitative estimate of drug-likeness (QED) is 0.296. The first-order chi connectivity index (χ1) is 15.4. The molecule has 4 aromatic rings. The third-order valence-corrected chi connectivity index (χ3v) is 6.00. The molecule has 0 bridgehead atoms. The van der Waals surface area contributed by atoms with Gasteiger partial charge in [-0.05, 0) is 41.5 Å². The molecule has 0 saturated carbocycles. The summed E-state index contributed by atoms with van der Waals surface area (Å²) in [6.45, 7) is 2.02. The van der Waals surface area contributed by atoms with E-state index in [2.05, 4.69) is 21.2 Å². The van der Waals surface area contributed by atoms with Gasteiger partial charge in [-0.15, -0.1) is 10.2 Å². The van der Waals surface area contributed by atoms with E-state index in [1.807, 2.05) is 49.1 Å². The fraction of sp³-hybridized carbons (Fsp3) is 0.167. The van der Waals surface area contributed by atoms with Crippen LogP contribution in [-0.4, -0.2) is 31.8 Å². The monoisotopic (exact) mass is 450 g/mol. The summed E-state index contributed by atoms with van der Waals surface area (Å²) in [6.07, 6.45) is 3.54. The van der Waals surface area contributed by atoms with E-state index < -0.39 is 23.0 Å². The smallest absolute Gasteiger partial charge is 0.190 e. The van der Waals surface area contributed by atoms with Gasteiger partial charge in [0.15, 0.2) is 28.4 Å². The van der Waals surface area contributed by atoms with Crippen LogP contribution in [0.25, 0.3) is 22.5 Å². The van der Waals surface area contributed by atoms with Crippen LogP contribution in [0, 0.1) is 18.6 Å². The Morgan fingerprint density at radius 1 is 1.00 bits per heavy atom. The molecule has 0 aliphatic carbocycles. The normalized spacial score (nSPS) is 11.0. The Morgan fingerprint density at radius 2 is 1.66 bits per heavy atom. The number of rotatable bonds is 6. The molecule has 0 fully saturated rings. The highest BCUT2D eigenvalue weighted by Crippen LogP contribution is 2.30. The first kappa shape index (κ1) is 21.8. The number of carbonyl (C=O) groups is 1. The Balaban J connectivity index is 1.60. The molecule has 0 radical (unpaired) electrons. The Kier molecular flexibility index (Phi) is 6.14. The standard InChI is InChI=1S/C24H20F2N4OS/c1-14-4-7-17(23-28-29-24(32-3)30(23)2)11-18(14)16-8-5-15(6-9-16)10-21(31)22-19(25)12-27-13-20(22)26/h4-9,11-13H,10H2,1-3H3. The molecule has 0 aliphatic rings. The second-order valence-electron chi connectivity index (χ2n) is 7.37. The van der Waals surface area contributed by atoms with Gasteiger partial charge in [0.05, 0.1) is 18.0 Å². The lowest BCUT2D eigenvalue weighted by molar-refractivity contribution is 0.0984. The first-order valence-corrected chi connectivity index (χ1v) is 11.1. The predicted octanol–water partition coefficient (Wildman–Crippen LogP) is 5.28. The highest BCUT2D eigenvalue weighted by atomic mass is 32.2. The van der Waals surface area contributed by atoms with Gasteiger partial charge in [0.1, 0.15) is 0 Å². The van der Waals surface area contributed by atoms with Crippen LogP contribution >= 0.6 is 11.8 Å². The largest absolute Gasteiger partial charge is 0.305 e. The molecular formula is C24H20F2N4OS. The van der Waals surface area contributed by atoms with Crippen LogP contribution < -0.4 is 0 Å². The maximum absolute atomic E-state index is 13.8. The van der Waals surface area contributed by atoms with Gasteiger partial charge in [0.25, 0.3) is 0 Å². The van der Waals surface area contributed by atoms with Gasteiger partial charge in [-0.25, -0.2) is 8.78 Å². The van der Waals surface area contributed by atoms with Crippen molar-refractivity contribution in [3.8, 4) is 22.5 Å². The van der Waals surface area contributed by atoms with E-state index in [4.69, 9.17) is 0 Å². The number of halogens is 2. The van der Waals surface area contributed by atoms with Crippen LogP contribution in [-0.2, 0) is 13.5 Å². The molecular weight excluding hydrogens is 430 g/mol. The molecule has 162 valence electrons. The fourth-order valence-corrected chi connectivity index (χ4v) is 4.05. The zero-order chi connectivity index (χ0) is 22.8. The van der Waals surface area contributed by atoms with Gasteiger partial charge in [0.2, 0.25) is 0 Å². The zero-order valence-corrected chi connectivity index (χ0v) is 18.6. The third kappa shape index (κ3) is 4.18.